The maximum Gasteiger partial charge on any atom is 0.340 e. The number of carbonyl (C=O) groups excluding carboxylic acids is 8. The lowest BCUT2D eigenvalue weighted by Crippen LogP contribution is -2.57. The molecule has 1 saturated carbocycles. The van der Waals surface area contributed by atoms with E-state index in [4.69, 9.17) is 33.2 Å². The van der Waals surface area contributed by atoms with Crippen LogP contribution in [0.15, 0.2) is 73.4 Å². The van der Waals surface area contributed by atoms with Crippen LogP contribution in [0.1, 0.15) is 95.4 Å². The Balaban J connectivity index is 2.06. The van der Waals surface area contributed by atoms with Crippen molar-refractivity contribution in [1.82, 2.24) is 9.97 Å². The lowest BCUT2D eigenvalue weighted by molar-refractivity contribution is -0.187. The zero-order valence-electron chi connectivity index (χ0n) is 34.1. The van der Waals surface area contributed by atoms with Crippen molar-refractivity contribution in [3.05, 3.63) is 84.5 Å². The van der Waals surface area contributed by atoms with Crippen LogP contribution in [0.3, 0.4) is 0 Å². The summed E-state index contributed by atoms with van der Waals surface area (Å²) in [5.74, 6) is -10.1. The largest absolute Gasteiger partial charge is 0.458 e. The summed E-state index contributed by atoms with van der Waals surface area (Å²) >= 11 is 0. The number of esters is 7. The van der Waals surface area contributed by atoms with Crippen molar-refractivity contribution in [2.24, 2.45) is 11.8 Å². The van der Waals surface area contributed by atoms with Gasteiger partial charge in [0.1, 0.15) is 23.9 Å². The Morgan fingerprint density at radius 2 is 1.27 bits per heavy atom. The van der Waals surface area contributed by atoms with E-state index in [0.717, 1.165) is 34.6 Å². The first-order valence-electron chi connectivity index (χ1n) is 18.7. The van der Waals surface area contributed by atoms with E-state index in [1.807, 2.05) is 0 Å². The van der Waals surface area contributed by atoms with Gasteiger partial charge in [-0.1, -0.05) is 25.7 Å². The molecule has 0 saturated heterocycles. The molecule has 1 fully saturated rings. The van der Waals surface area contributed by atoms with Crippen LogP contribution in [0.25, 0.3) is 0 Å². The number of hydrogen-bond donors (Lipinski definition) is 0. The molecular formula is C42H48N2O15. The SMILES string of the molecule is C=C1[C@H](OC(C)=O)C[C@@H](OC(=O)c2cccnc2)[C@](C)(OC(C)=O)C/C=C/[C@@H](C)C(=O)[C@@]2(OC(C)=O)C[C@@](C)(OC(=O)c3cccnc3)[C@H](OC(C)=O)[C@@H]2[C@H]1OC(C)=O. The monoisotopic (exact) mass is 820 g/mol. The third-order valence-electron chi connectivity index (χ3n) is 10.0. The molecule has 0 aromatic carbocycles. The Labute approximate surface area is 340 Å². The van der Waals surface area contributed by atoms with Gasteiger partial charge < -0.3 is 33.2 Å². The van der Waals surface area contributed by atoms with Crippen molar-refractivity contribution in [3.8, 4) is 0 Å². The molecule has 0 spiro atoms. The molecule has 0 amide bonds. The number of ketones is 1. The van der Waals surface area contributed by atoms with E-state index >= 15 is 4.79 Å². The Bertz CT molecular complexity index is 2000. The minimum atomic E-state index is -2.41. The van der Waals surface area contributed by atoms with Crippen LogP contribution in [0.5, 0.6) is 0 Å². The van der Waals surface area contributed by atoms with Crippen LogP contribution in [0, 0.1) is 11.8 Å². The molecule has 17 nitrogen and oxygen atoms in total. The molecule has 59 heavy (non-hydrogen) atoms. The van der Waals surface area contributed by atoms with Gasteiger partial charge in [0.05, 0.1) is 17.0 Å². The molecule has 316 valence electrons. The van der Waals surface area contributed by atoms with Gasteiger partial charge in [0, 0.05) is 90.2 Å². The second-order valence-electron chi connectivity index (χ2n) is 14.9. The van der Waals surface area contributed by atoms with E-state index in [1.165, 1.54) is 82.0 Å². The number of aromatic nitrogens is 2. The van der Waals surface area contributed by atoms with Crippen molar-refractivity contribution >= 4 is 47.6 Å². The molecule has 17 heteroatoms. The molecule has 4 rings (SSSR count). The van der Waals surface area contributed by atoms with E-state index in [2.05, 4.69) is 16.5 Å². The molecule has 2 aliphatic rings. The van der Waals surface area contributed by atoms with Crippen LogP contribution >= 0.6 is 0 Å². The third-order valence-corrected chi connectivity index (χ3v) is 10.0. The van der Waals surface area contributed by atoms with Gasteiger partial charge in [0.15, 0.2) is 23.1 Å². The standard InChI is InChI=1S/C42H48N2O15/c1-23-13-10-16-40(8,57-28(6)48)33(56-38(51)30-14-11-17-43-20-30)19-32(53-25(3)45)24(2)35(54-26(4)46)34-37(55-27(5)47)41(9,22-42(34,36(23)50)58-29(7)49)59-39(52)31-15-12-18-44-21-31/h10-15,17-18,20-21,23,32-35,37H,2,16,19,22H2,1,3-9H3/b13-10+/t23-,32-,33-,34+,35+,37-,40-,41-,42-/m1/s1. The highest BCUT2D eigenvalue weighted by Gasteiger charge is 2.72. The number of Topliss-reactive ketones (excluding diaryl/α,β-unsaturated/α-hetero) is 1. The molecule has 2 aromatic heterocycles. The third kappa shape index (κ3) is 10.6. The quantitative estimate of drug-likeness (QED) is 0.196. The van der Waals surface area contributed by atoms with E-state index in [-0.39, 0.29) is 23.1 Å². The summed E-state index contributed by atoms with van der Waals surface area (Å²) in [6.07, 6.45) is 0.330. The first-order chi connectivity index (χ1) is 27.6. The smallest absolute Gasteiger partial charge is 0.340 e. The molecule has 0 bridgehead atoms. The van der Waals surface area contributed by atoms with Crippen molar-refractivity contribution < 1.29 is 71.5 Å². The predicted octanol–water partition coefficient (Wildman–Crippen LogP) is 4.17. The maximum atomic E-state index is 15.1. The summed E-state index contributed by atoms with van der Waals surface area (Å²) in [5.41, 5.74) is -6.38. The normalized spacial score (nSPS) is 30.0. The van der Waals surface area contributed by atoms with Crippen molar-refractivity contribution in [3.63, 3.8) is 0 Å². The van der Waals surface area contributed by atoms with Crippen molar-refractivity contribution in [2.45, 2.75) is 116 Å². The maximum absolute atomic E-state index is 15.1. The van der Waals surface area contributed by atoms with Crippen molar-refractivity contribution in [1.29, 1.82) is 0 Å². The number of carbonyl (C=O) groups is 8. The number of fused-ring (bicyclic) bond motifs is 1. The van der Waals surface area contributed by atoms with Gasteiger partial charge in [-0.3, -0.25) is 38.7 Å². The summed E-state index contributed by atoms with van der Waals surface area (Å²) in [6, 6.07) is 5.83. The van der Waals surface area contributed by atoms with E-state index < -0.39 is 113 Å². The fourth-order valence-electron chi connectivity index (χ4n) is 7.72. The van der Waals surface area contributed by atoms with Gasteiger partial charge >= 0.3 is 41.8 Å². The number of pyridine rings is 2. The minimum absolute atomic E-state index is 0.0137. The Hall–Kier alpha value is -6.26. The Kier molecular flexibility index (Phi) is 14.3. The molecule has 0 unspecified atom stereocenters. The fraction of sp³-hybridized carbons (Fsp3) is 0.476. The average molecular weight is 821 g/mol. The lowest BCUT2D eigenvalue weighted by Gasteiger charge is -2.42. The highest BCUT2D eigenvalue weighted by atomic mass is 16.6. The number of nitrogens with zero attached hydrogens (tertiary/aromatic N) is 2. The van der Waals surface area contributed by atoms with Crippen LogP contribution in [0.4, 0.5) is 0 Å². The summed E-state index contributed by atoms with van der Waals surface area (Å²) in [5, 5.41) is 0. The predicted molar refractivity (Wildman–Crippen MR) is 203 cm³/mol. The Morgan fingerprint density at radius 3 is 1.78 bits per heavy atom. The van der Waals surface area contributed by atoms with Crippen LogP contribution in [-0.2, 0) is 61.9 Å². The number of ether oxygens (including phenoxy) is 7. The summed E-state index contributed by atoms with van der Waals surface area (Å²) in [6.45, 7) is 13.8. The molecule has 0 aliphatic heterocycles. The minimum Gasteiger partial charge on any atom is -0.458 e. The second-order valence-corrected chi connectivity index (χ2v) is 14.9. The average Bonchev–Trinajstić information content (AvgIpc) is 3.37. The van der Waals surface area contributed by atoms with E-state index in [0.29, 0.717) is 0 Å². The number of hydrogen-bond acceptors (Lipinski definition) is 17. The van der Waals surface area contributed by atoms with Crippen LogP contribution in [0.2, 0.25) is 0 Å². The second kappa shape index (κ2) is 18.6. The van der Waals surface area contributed by atoms with E-state index in [9.17, 15) is 33.6 Å². The number of rotatable bonds is 9. The lowest BCUT2D eigenvalue weighted by atomic mass is 9.75. The van der Waals surface area contributed by atoms with E-state index in [1.54, 1.807) is 0 Å². The zero-order valence-corrected chi connectivity index (χ0v) is 34.1. The number of allylic oxidation sites excluding steroid dienone is 1. The Morgan fingerprint density at radius 1 is 0.712 bits per heavy atom. The highest BCUT2D eigenvalue weighted by molar-refractivity contribution is 5.94. The molecular weight excluding hydrogens is 772 g/mol. The molecule has 2 heterocycles. The summed E-state index contributed by atoms with van der Waals surface area (Å²) in [4.78, 5) is 115. The first-order valence-corrected chi connectivity index (χ1v) is 18.7. The molecule has 0 N–H and O–H groups in total. The molecule has 2 aliphatic carbocycles. The molecule has 0 radical (unpaired) electrons. The van der Waals surface area contributed by atoms with Gasteiger partial charge in [-0.05, 0) is 38.1 Å². The first kappa shape index (κ1) is 45.4. The topological polar surface area (TPSA) is 227 Å². The van der Waals surface area contributed by atoms with Gasteiger partial charge in [-0.25, -0.2) is 9.59 Å². The molecule has 9 atom stereocenters. The summed E-state index contributed by atoms with van der Waals surface area (Å²) in [7, 11) is 0. The van der Waals surface area contributed by atoms with Gasteiger partial charge in [-0.2, -0.15) is 0 Å². The van der Waals surface area contributed by atoms with Gasteiger partial charge in [0.25, 0.3) is 0 Å². The zero-order chi connectivity index (χ0) is 43.9. The fourth-order valence-corrected chi connectivity index (χ4v) is 7.72. The van der Waals surface area contributed by atoms with Gasteiger partial charge in [0.2, 0.25) is 0 Å². The van der Waals surface area contributed by atoms with Crippen LogP contribution in [-0.4, -0.2) is 98.8 Å². The van der Waals surface area contributed by atoms with Gasteiger partial charge in [-0.15, -0.1) is 0 Å². The molecule has 2 aromatic rings. The van der Waals surface area contributed by atoms with Crippen molar-refractivity contribution in [2.75, 3.05) is 0 Å². The van der Waals surface area contributed by atoms with Crippen LogP contribution < -0.4 is 0 Å². The summed E-state index contributed by atoms with van der Waals surface area (Å²) < 4.78 is 41.5. The highest BCUT2D eigenvalue weighted by Crippen LogP contribution is 2.54.